The summed E-state index contributed by atoms with van der Waals surface area (Å²) in [6, 6.07) is 7.61. The molecular formula is C9H11NO3S. The molecule has 0 saturated heterocycles. The van der Waals surface area contributed by atoms with E-state index in [0.29, 0.717) is 13.0 Å². The van der Waals surface area contributed by atoms with Gasteiger partial charge in [0.05, 0.1) is 0 Å². The third-order valence-electron chi connectivity index (χ3n) is 2.40. The van der Waals surface area contributed by atoms with Gasteiger partial charge in [0.1, 0.15) is 5.37 Å². The van der Waals surface area contributed by atoms with Crippen LogP contribution in [0.2, 0.25) is 0 Å². The number of hydrogen-bond donors (Lipinski definition) is 2. The van der Waals surface area contributed by atoms with Gasteiger partial charge in [-0.15, -0.1) is 0 Å². The fraction of sp³-hybridized carbons (Fsp3) is 0.333. The molecule has 0 fully saturated rings. The van der Waals surface area contributed by atoms with Crippen LogP contribution in [0, 0.1) is 0 Å². The van der Waals surface area contributed by atoms with Crippen LogP contribution in [0.15, 0.2) is 24.3 Å². The van der Waals surface area contributed by atoms with Crippen LogP contribution in [0.1, 0.15) is 11.1 Å². The molecule has 1 aliphatic rings. The first kappa shape index (κ1) is 9.64. The minimum absolute atomic E-state index is 0.328. The Bertz CT molecular complexity index is 441. The van der Waals surface area contributed by atoms with Crippen molar-refractivity contribution in [2.75, 3.05) is 0 Å². The fourth-order valence-electron chi connectivity index (χ4n) is 1.64. The highest BCUT2D eigenvalue weighted by atomic mass is 32.2. The van der Waals surface area contributed by atoms with Crippen molar-refractivity contribution >= 4 is 10.1 Å². The zero-order chi connectivity index (χ0) is 10.2. The van der Waals surface area contributed by atoms with Crippen molar-refractivity contribution in [3.63, 3.8) is 0 Å². The van der Waals surface area contributed by atoms with E-state index < -0.39 is 15.5 Å². The number of nitrogens with one attached hydrogen (secondary N) is 1. The average Bonchev–Trinajstić information content (AvgIpc) is 2.16. The van der Waals surface area contributed by atoms with Crippen LogP contribution in [-0.4, -0.2) is 18.3 Å². The number of benzene rings is 1. The Morgan fingerprint density at radius 3 is 2.57 bits per heavy atom. The maximum atomic E-state index is 10.9. The van der Waals surface area contributed by atoms with E-state index in [0.717, 1.165) is 11.1 Å². The summed E-state index contributed by atoms with van der Waals surface area (Å²) in [6.07, 6.45) is 0.328. The topological polar surface area (TPSA) is 66.4 Å². The first-order valence-electron chi connectivity index (χ1n) is 4.34. The van der Waals surface area contributed by atoms with Crippen LogP contribution >= 0.6 is 0 Å². The molecule has 2 rings (SSSR count). The predicted molar refractivity (Wildman–Crippen MR) is 52.3 cm³/mol. The molecule has 0 radical (unpaired) electrons. The van der Waals surface area contributed by atoms with Crippen LogP contribution < -0.4 is 5.32 Å². The van der Waals surface area contributed by atoms with Crippen LogP contribution in [0.25, 0.3) is 0 Å². The van der Waals surface area contributed by atoms with Crippen LogP contribution in [0.4, 0.5) is 0 Å². The molecule has 1 atom stereocenters. The molecule has 0 spiro atoms. The molecule has 2 N–H and O–H groups in total. The average molecular weight is 213 g/mol. The van der Waals surface area contributed by atoms with Crippen molar-refractivity contribution in [3.05, 3.63) is 35.4 Å². The Morgan fingerprint density at radius 1 is 1.29 bits per heavy atom. The van der Waals surface area contributed by atoms with E-state index in [9.17, 15) is 8.42 Å². The van der Waals surface area contributed by atoms with Gasteiger partial charge in [-0.3, -0.25) is 9.87 Å². The van der Waals surface area contributed by atoms with Gasteiger partial charge < -0.3 is 0 Å². The van der Waals surface area contributed by atoms with Crippen molar-refractivity contribution in [3.8, 4) is 0 Å². The first-order chi connectivity index (χ1) is 6.57. The Morgan fingerprint density at radius 2 is 1.93 bits per heavy atom. The van der Waals surface area contributed by atoms with Crippen LogP contribution in [0.3, 0.4) is 0 Å². The van der Waals surface area contributed by atoms with Gasteiger partial charge in [0.25, 0.3) is 10.1 Å². The third kappa shape index (κ3) is 1.79. The predicted octanol–water partition coefficient (Wildman–Crippen LogP) is 0.546. The molecule has 76 valence electrons. The monoisotopic (exact) mass is 213 g/mol. The van der Waals surface area contributed by atoms with Crippen molar-refractivity contribution in [2.24, 2.45) is 0 Å². The molecule has 0 amide bonds. The summed E-state index contributed by atoms with van der Waals surface area (Å²) >= 11 is 0. The van der Waals surface area contributed by atoms with Gasteiger partial charge in [0.2, 0.25) is 0 Å². The molecule has 1 unspecified atom stereocenters. The summed E-state index contributed by atoms with van der Waals surface area (Å²) in [7, 11) is -3.98. The molecule has 0 bridgehead atoms. The second-order valence-electron chi connectivity index (χ2n) is 3.36. The second-order valence-corrected chi connectivity index (χ2v) is 4.96. The summed E-state index contributed by atoms with van der Waals surface area (Å²) in [5.41, 5.74) is 2.07. The SMILES string of the molecule is O=S(=O)(O)C1Cc2ccccc2CN1. The third-order valence-corrected chi connectivity index (χ3v) is 3.46. The van der Waals surface area contributed by atoms with Gasteiger partial charge in [0.15, 0.2) is 0 Å². The molecular weight excluding hydrogens is 202 g/mol. The molecule has 0 saturated carbocycles. The van der Waals surface area contributed by atoms with Gasteiger partial charge in [-0.1, -0.05) is 24.3 Å². The molecule has 14 heavy (non-hydrogen) atoms. The molecule has 5 heteroatoms. The van der Waals surface area contributed by atoms with Gasteiger partial charge in [-0.25, -0.2) is 0 Å². The van der Waals surface area contributed by atoms with E-state index in [-0.39, 0.29) is 0 Å². The van der Waals surface area contributed by atoms with E-state index in [4.69, 9.17) is 4.55 Å². The van der Waals surface area contributed by atoms with E-state index in [1.165, 1.54) is 0 Å². The Hall–Kier alpha value is -0.910. The standard InChI is InChI=1S/C9H11NO3S/c11-14(12,13)9-5-7-3-1-2-4-8(7)6-10-9/h1-4,9-10H,5-6H2,(H,11,12,13). The van der Waals surface area contributed by atoms with E-state index in [1.807, 2.05) is 24.3 Å². The summed E-state index contributed by atoms with van der Waals surface area (Å²) in [4.78, 5) is 0. The minimum atomic E-state index is -3.98. The van der Waals surface area contributed by atoms with Crippen molar-refractivity contribution in [1.29, 1.82) is 0 Å². The fourth-order valence-corrected chi connectivity index (χ4v) is 2.32. The summed E-state index contributed by atoms with van der Waals surface area (Å²) < 4.78 is 30.7. The first-order valence-corrected chi connectivity index (χ1v) is 5.84. The van der Waals surface area contributed by atoms with E-state index >= 15 is 0 Å². The van der Waals surface area contributed by atoms with Crippen molar-refractivity contribution in [1.82, 2.24) is 5.32 Å². The summed E-state index contributed by atoms with van der Waals surface area (Å²) in [5, 5.41) is 1.91. The molecule has 1 aromatic carbocycles. The molecule has 4 nitrogen and oxygen atoms in total. The number of fused-ring (bicyclic) bond motifs is 1. The lowest BCUT2D eigenvalue weighted by Crippen LogP contribution is -2.41. The Balaban J connectivity index is 2.30. The highest BCUT2D eigenvalue weighted by Gasteiger charge is 2.27. The minimum Gasteiger partial charge on any atom is -0.295 e. The van der Waals surface area contributed by atoms with E-state index in [2.05, 4.69) is 5.32 Å². The lowest BCUT2D eigenvalue weighted by atomic mass is 10.0. The van der Waals surface area contributed by atoms with Crippen LogP contribution in [0.5, 0.6) is 0 Å². The van der Waals surface area contributed by atoms with Crippen molar-refractivity contribution < 1.29 is 13.0 Å². The maximum Gasteiger partial charge on any atom is 0.281 e. The highest BCUT2D eigenvalue weighted by Crippen LogP contribution is 2.18. The normalized spacial score (nSPS) is 21.6. The van der Waals surface area contributed by atoms with Gasteiger partial charge in [-0.05, 0) is 11.1 Å². The van der Waals surface area contributed by atoms with E-state index in [1.54, 1.807) is 0 Å². The van der Waals surface area contributed by atoms with Crippen molar-refractivity contribution in [2.45, 2.75) is 18.3 Å². The number of rotatable bonds is 1. The number of hydrogen-bond acceptors (Lipinski definition) is 3. The van der Waals surface area contributed by atoms with Crippen LogP contribution in [-0.2, 0) is 23.1 Å². The largest absolute Gasteiger partial charge is 0.295 e. The lowest BCUT2D eigenvalue weighted by molar-refractivity contribution is 0.441. The zero-order valence-corrected chi connectivity index (χ0v) is 8.29. The summed E-state index contributed by atoms with van der Waals surface area (Å²) in [5.74, 6) is 0. The zero-order valence-electron chi connectivity index (χ0n) is 7.47. The molecule has 1 aliphatic heterocycles. The quantitative estimate of drug-likeness (QED) is 0.668. The molecule has 0 aliphatic carbocycles. The Kier molecular flexibility index (Phi) is 2.30. The highest BCUT2D eigenvalue weighted by molar-refractivity contribution is 7.86. The summed E-state index contributed by atoms with van der Waals surface area (Å²) in [6.45, 7) is 0.487. The van der Waals surface area contributed by atoms with Gasteiger partial charge >= 0.3 is 0 Å². The Labute approximate surface area is 82.7 Å². The molecule has 0 aromatic heterocycles. The second kappa shape index (κ2) is 3.34. The smallest absolute Gasteiger partial charge is 0.281 e. The lowest BCUT2D eigenvalue weighted by Gasteiger charge is -2.23. The molecule has 1 heterocycles. The van der Waals surface area contributed by atoms with Gasteiger partial charge in [-0.2, -0.15) is 8.42 Å². The van der Waals surface area contributed by atoms with Gasteiger partial charge in [0, 0.05) is 13.0 Å². The molecule has 1 aromatic rings. The maximum absolute atomic E-state index is 10.9.